The minimum atomic E-state index is -1.80. The second-order valence-corrected chi connectivity index (χ2v) is 17.3. The number of aliphatic hydroxyl groups excluding tert-OH is 3. The first-order valence-electron chi connectivity index (χ1n) is 21.1. The molecule has 362 valence electrons. The third-order valence-corrected chi connectivity index (χ3v) is 11.4. The van der Waals surface area contributed by atoms with Gasteiger partial charge in [0.1, 0.15) is 48.3 Å². The Balaban J connectivity index is 2.00. The van der Waals surface area contributed by atoms with E-state index >= 15 is 0 Å². The van der Waals surface area contributed by atoms with Crippen molar-refractivity contribution in [1.82, 2.24) is 47.0 Å². The molecule has 2 heterocycles. The zero-order valence-electron chi connectivity index (χ0n) is 37.3. The van der Waals surface area contributed by atoms with Gasteiger partial charge in [0, 0.05) is 13.1 Å². The molecule has 2 aliphatic heterocycles. The molecule has 2 fully saturated rings. The van der Waals surface area contributed by atoms with E-state index in [0.29, 0.717) is 25.0 Å². The van der Waals surface area contributed by atoms with Gasteiger partial charge < -0.3 is 73.2 Å². The molecule has 9 amide bonds. The van der Waals surface area contributed by atoms with Crippen molar-refractivity contribution in [3.63, 3.8) is 0 Å². The second-order valence-electron chi connectivity index (χ2n) is 16.3. The highest BCUT2D eigenvalue weighted by atomic mass is 32.2. The van der Waals surface area contributed by atoms with Crippen LogP contribution in [0, 0.1) is 5.92 Å². The predicted molar refractivity (Wildman–Crippen MR) is 229 cm³/mol. The van der Waals surface area contributed by atoms with E-state index < -0.39 is 145 Å². The van der Waals surface area contributed by atoms with E-state index in [1.54, 1.807) is 13.8 Å². The van der Waals surface area contributed by atoms with Gasteiger partial charge in [0.25, 0.3) is 0 Å². The lowest BCUT2D eigenvalue weighted by Crippen LogP contribution is -2.62. The van der Waals surface area contributed by atoms with Crippen molar-refractivity contribution in [2.45, 2.75) is 140 Å². The maximum atomic E-state index is 13.5. The van der Waals surface area contributed by atoms with Crippen molar-refractivity contribution in [2.24, 2.45) is 11.7 Å². The number of carbonyl (C=O) groups excluding carboxylic acids is 9. The van der Waals surface area contributed by atoms with Crippen LogP contribution >= 0.6 is 11.8 Å². The van der Waals surface area contributed by atoms with Gasteiger partial charge in [-0.1, -0.05) is 13.8 Å². The number of aliphatic carboxylic acids is 1. The van der Waals surface area contributed by atoms with Gasteiger partial charge in [-0.15, -0.1) is 0 Å². The topological polar surface area (TPSA) is 368 Å². The summed E-state index contributed by atoms with van der Waals surface area (Å²) in [5.74, 6) is -8.59. The van der Waals surface area contributed by atoms with Crippen LogP contribution in [0.2, 0.25) is 0 Å². The number of hydrogen-bond donors (Lipinski definition) is 12. The van der Waals surface area contributed by atoms with Crippen molar-refractivity contribution >= 4 is 70.9 Å². The molecule has 2 rings (SSSR count). The summed E-state index contributed by atoms with van der Waals surface area (Å²) in [6, 6.07) is -11.6. The van der Waals surface area contributed by atoms with Crippen LogP contribution in [0.5, 0.6) is 0 Å². The lowest BCUT2D eigenvalue weighted by atomic mass is 10.0. The lowest BCUT2D eigenvalue weighted by Gasteiger charge is -2.32. The lowest BCUT2D eigenvalue weighted by molar-refractivity contribution is -0.152. The molecule has 24 nitrogen and oxygen atoms in total. The Bertz CT molecular complexity index is 1700. The van der Waals surface area contributed by atoms with Crippen molar-refractivity contribution < 1.29 is 68.4 Å². The van der Waals surface area contributed by atoms with Gasteiger partial charge in [-0.25, -0.2) is 4.79 Å². The third-order valence-electron chi connectivity index (χ3n) is 10.7. The van der Waals surface area contributed by atoms with Crippen LogP contribution in [0.15, 0.2) is 0 Å². The van der Waals surface area contributed by atoms with Crippen molar-refractivity contribution in [1.29, 1.82) is 0 Å². The number of thioether (sulfide) groups is 1. The van der Waals surface area contributed by atoms with E-state index in [1.807, 2.05) is 6.26 Å². The summed E-state index contributed by atoms with van der Waals surface area (Å²) in [5.41, 5.74) is 5.86. The zero-order chi connectivity index (χ0) is 48.6. The molecule has 0 aromatic carbocycles. The molecule has 64 heavy (non-hydrogen) atoms. The molecule has 11 atom stereocenters. The number of nitrogens with two attached hydrogens (primary N) is 1. The Labute approximate surface area is 375 Å². The number of likely N-dealkylation sites (tertiary alicyclic amines) is 2. The van der Waals surface area contributed by atoms with Gasteiger partial charge >= 0.3 is 5.97 Å². The molecule has 25 heteroatoms. The molecular weight excluding hydrogens is 865 g/mol. The fourth-order valence-electron chi connectivity index (χ4n) is 6.98. The van der Waals surface area contributed by atoms with Gasteiger partial charge in [0.05, 0.1) is 31.4 Å². The van der Waals surface area contributed by atoms with Crippen molar-refractivity contribution in [3.8, 4) is 0 Å². The average Bonchev–Trinajstić information content (AvgIpc) is 3.94. The quantitative estimate of drug-likeness (QED) is 0.0430. The molecule has 0 radical (unpaired) electrons. The van der Waals surface area contributed by atoms with Gasteiger partial charge in [-0.3, -0.25) is 43.2 Å². The van der Waals surface area contributed by atoms with Crippen LogP contribution in [0.3, 0.4) is 0 Å². The van der Waals surface area contributed by atoms with Gasteiger partial charge in [0.15, 0.2) is 0 Å². The average molecular weight is 931 g/mol. The van der Waals surface area contributed by atoms with Crippen LogP contribution in [-0.4, -0.2) is 194 Å². The minimum Gasteiger partial charge on any atom is -0.480 e. The Hall–Kier alpha value is -5.11. The van der Waals surface area contributed by atoms with Crippen molar-refractivity contribution in [3.05, 3.63) is 0 Å². The van der Waals surface area contributed by atoms with Gasteiger partial charge in [0.2, 0.25) is 53.2 Å². The highest BCUT2D eigenvalue weighted by molar-refractivity contribution is 7.98. The van der Waals surface area contributed by atoms with E-state index in [1.165, 1.54) is 35.4 Å². The van der Waals surface area contributed by atoms with Gasteiger partial charge in [-0.05, 0) is 77.7 Å². The first-order valence-corrected chi connectivity index (χ1v) is 22.5. The zero-order valence-corrected chi connectivity index (χ0v) is 38.1. The Morgan fingerprint density at radius 2 is 1.19 bits per heavy atom. The fraction of sp³-hybridized carbons (Fsp3) is 0.744. The molecule has 2 saturated heterocycles. The number of carboxylic acid groups (broad SMARTS) is 1. The van der Waals surface area contributed by atoms with Crippen molar-refractivity contribution in [2.75, 3.05) is 38.2 Å². The van der Waals surface area contributed by atoms with E-state index in [0.717, 1.165) is 13.8 Å². The SMILES string of the molecule is CSCC[C@H](N)C(=O)N[C@@H](C)C(=O)N[C@H](C(=O)NCC(=O)N[C@H](C(=O)N[C@@H](CO)C(=O)N[C@H](C(=O)N[C@@H](C)C(=O)N1CCC[C@H]1C(=O)N1CCC[C@H]1C(=O)O)[C@@H](C)O)[C@@H](C)O)C(C)C. The monoisotopic (exact) mass is 930 g/mol. The molecule has 0 aliphatic carbocycles. The molecule has 0 saturated carbocycles. The van der Waals surface area contributed by atoms with E-state index in [4.69, 9.17) is 5.73 Å². The minimum absolute atomic E-state index is 0.161. The Morgan fingerprint density at radius 3 is 1.73 bits per heavy atom. The molecule has 0 spiro atoms. The number of nitrogens with one attached hydrogen (secondary N) is 7. The number of hydrogen-bond acceptors (Lipinski definition) is 15. The maximum absolute atomic E-state index is 13.5. The molecule has 0 bridgehead atoms. The highest BCUT2D eigenvalue weighted by Crippen LogP contribution is 2.25. The largest absolute Gasteiger partial charge is 0.480 e. The Morgan fingerprint density at radius 1 is 0.656 bits per heavy atom. The smallest absolute Gasteiger partial charge is 0.326 e. The summed E-state index contributed by atoms with van der Waals surface area (Å²) < 4.78 is 0. The number of carboxylic acids is 1. The number of carbonyl (C=O) groups is 10. The van der Waals surface area contributed by atoms with E-state index in [2.05, 4.69) is 37.2 Å². The standard InChI is InChI=1S/C39H66N10O14S/c1-18(2)28(46-31(54)19(3)42-32(55)23(40)12-15-64-7)34(57)41-16-27(53)45-29(21(5)51)36(59)44-24(17-50)33(56)47-30(22(6)52)35(58)43-20(4)37(60)48-13-8-10-25(48)38(61)49-14-9-11-26(49)39(62)63/h18-26,28-30,50-52H,8-17,40H2,1-7H3,(H,41,57)(H,42,55)(H,43,58)(H,44,59)(H,45,53)(H,46,54)(H,47,56)(H,62,63)/t19-,20-,21+,22+,23-,24-,25-,26-,28-,29-,30-/m0/s1. The summed E-state index contributed by atoms with van der Waals surface area (Å²) in [4.78, 5) is 132. The fourth-order valence-corrected chi connectivity index (χ4v) is 7.47. The molecule has 0 aromatic rings. The highest BCUT2D eigenvalue weighted by Gasteiger charge is 2.43. The van der Waals surface area contributed by atoms with E-state index in [9.17, 15) is 68.4 Å². The number of amides is 9. The first kappa shape index (κ1) is 55.0. The normalized spacial score (nSPS) is 20.2. The number of rotatable bonds is 24. The summed E-state index contributed by atoms with van der Waals surface area (Å²) in [6.45, 7) is 6.84. The molecule has 0 aromatic heterocycles. The van der Waals surface area contributed by atoms with Crippen LogP contribution in [0.25, 0.3) is 0 Å². The van der Waals surface area contributed by atoms with Crippen LogP contribution in [0.4, 0.5) is 0 Å². The summed E-state index contributed by atoms with van der Waals surface area (Å²) in [6.07, 6.45) is 0.570. The van der Waals surface area contributed by atoms with Gasteiger partial charge in [-0.2, -0.15) is 11.8 Å². The first-order chi connectivity index (χ1) is 30.0. The summed E-state index contributed by atoms with van der Waals surface area (Å²) >= 11 is 1.50. The maximum Gasteiger partial charge on any atom is 0.326 e. The Kier molecular flexibility index (Phi) is 22.4. The molecular formula is C39H66N10O14S. The number of nitrogens with zero attached hydrogens (tertiary/aromatic N) is 2. The predicted octanol–water partition coefficient (Wildman–Crippen LogP) is -5.39. The van der Waals surface area contributed by atoms with Crippen LogP contribution < -0.4 is 43.0 Å². The van der Waals surface area contributed by atoms with Crippen LogP contribution in [0.1, 0.15) is 73.6 Å². The third kappa shape index (κ3) is 15.8. The summed E-state index contributed by atoms with van der Waals surface area (Å²) in [5, 5.41) is 56.6. The molecule has 0 unspecified atom stereocenters. The second kappa shape index (κ2) is 26.0. The summed E-state index contributed by atoms with van der Waals surface area (Å²) in [7, 11) is 0. The molecule has 2 aliphatic rings. The number of aliphatic hydroxyl groups is 3. The van der Waals surface area contributed by atoms with E-state index in [-0.39, 0.29) is 25.9 Å². The van der Waals surface area contributed by atoms with Crippen LogP contribution in [-0.2, 0) is 47.9 Å². The molecule has 13 N–H and O–H groups in total.